The fraction of sp³-hybridized carbons (Fsp3) is 0.273. The van der Waals surface area contributed by atoms with E-state index in [1.807, 2.05) is 0 Å². The molecule has 0 aromatic carbocycles. The summed E-state index contributed by atoms with van der Waals surface area (Å²) in [4.78, 5) is 16.8. The Bertz CT molecular complexity index is 569. The molecule has 0 bridgehead atoms. The molecule has 1 aliphatic rings. The van der Waals surface area contributed by atoms with Crippen LogP contribution >= 0.6 is 0 Å². The number of aliphatic hydroxyl groups is 1. The summed E-state index contributed by atoms with van der Waals surface area (Å²) in [6, 6.07) is 3.64. The van der Waals surface area contributed by atoms with Gasteiger partial charge in [0.25, 0.3) is 5.89 Å². The molecule has 2 aromatic heterocycles. The number of hydrogen-bond donors (Lipinski definition) is 1. The van der Waals surface area contributed by atoms with E-state index in [-0.39, 0.29) is 24.9 Å². The van der Waals surface area contributed by atoms with Crippen LogP contribution in [0.5, 0.6) is 0 Å². The van der Waals surface area contributed by atoms with Crippen LogP contribution < -0.4 is 4.90 Å². The molecule has 1 N–H and O–H groups in total. The number of β-amino-alcohol motifs (C(OH)–C–C–N with tert-alkyl or cyclic N) is 1. The number of carbonyl (C=O) groups is 1. The second kappa shape index (κ2) is 4.19. The fourth-order valence-corrected chi connectivity index (χ4v) is 1.80. The van der Waals surface area contributed by atoms with Crippen molar-refractivity contribution < 1.29 is 14.3 Å². The first-order valence-corrected chi connectivity index (χ1v) is 5.46. The van der Waals surface area contributed by atoms with E-state index in [1.54, 1.807) is 24.5 Å². The predicted molar refractivity (Wildman–Crippen MR) is 60.5 cm³/mol. The molecule has 1 aliphatic heterocycles. The summed E-state index contributed by atoms with van der Waals surface area (Å²) in [5.41, 5.74) is 0.684. The van der Waals surface area contributed by atoms with E-state index in [9.17, 15) is 9.90 Å². The molecular formula is C11H10N4O3. The second-order valence-electron chi connectivity index (χ2n) is 3.99. The van der Waals surface area contributed by atoms with Crippen molar-refractivity contribution in [1.29, 1.82) is 0 Å². The molecule has 0 radical (unpaired) electrons. The maximum atomic E-state index is 11.6. The third-order valence-corrected chi connectivity index (χ3v) is 2.66. The lowest BCUT2D eigenvalue weighted by Crippen LogP contribution is -2.25. The Kier molecular flexibility index (Phi) is 2.52. The number of nitrogens with zero attached hydrogens (tertiary/aromatic N) is 4. The van der Waals surface area contributed by atoms with Crippen LogP contribution in [-0.4, -0.2) is 38.8 Å². The Balaban J connectivity index is 1.88. The zero-order chi connectivity index (χ0) is 12.5. The molecule has 18 heavy (non-hydrogen) atoms. The number of pyridine rings is 1. The zero-order valence-corrected chi connectivity index (χ0v) is 9.35. The van der Waals surface area contributed by atoms with Crippen LogP contribution in [0.4, 0.5) is 6.01 Å². The van der Waals surface area contributed by atoms with Gasteiger partial charge in [-0.2, -0.15) is 0 Å². The molecule has 0 aliphatic carbocycles. The van der Waals surface area contributed by atoms with Crippen LogP contribution in [-0.2, 0) is 4.79 Å². The van der Waals surface area contributed by atoms with Gasteiger partial charge in [0.2, 0.25) is 5.91 Å². The summed E-state index contributed by atoms with van der Waals surface area (Å²) in [7, 11) is 0. The van der Waals surface area contributed by atoms with E-state index in [1.165, 1.54) is 4.90 Å². The molecule has 1 amide bonds. The predicted octanol–water partition coefficient (Wildman–Crippen LogP) is 0.229. The smallest absolute Gasteiger partial charge is 0.325 e. The second-order valence-corrected chi connectivity index (χ2v) is 3.99. The maximum absolute atomic E-state index is 11.6. The Morgan fingerprint density at radius 2 is 2.33 bits per heavy atom. The zero-order valence-electron chi connectivity index (χ0n) is 9.35. The highest BCUT2D eigenvalue weighted by atomic mass is 16.4. The molecule has 2 aromatic rings. The van der Waals surface area contributed by atoms with Gasteiger partial charge in [-0.15, -0.1) is 5.10 Å². The van der Waals surface area contributed by atoms with Gasteiger partial charge in [-0.1, -0.05) is 5.10 Å². The molecule has 0 saturated carbocycles. The van der Waals surface area contributed by atoms with Crippen molar-refractivity contribution >= 4 is 11.9 Å². The number of amides is 1. The van der Waals surface area contributed by atoms with Crippen molar-refractivity contribution in [3.05, 3.63) is 24.5 Å². The van der Waals surface area contributed by atoms with Crippen molar-refractivity contribution in [3.63, 3.8) is 0 Å². The van der Waals surface area contributed by atoms with Crippen molar-refractivity contribution in [1.82, 2.24) is 15.2 Å². The molecule has 3 heterocycles. The average Bonchev–Trinajstić information content (AvgIpc) is 2.97. The monoisotopic (exact) mass is 246 g/mol. The highest BCUT2D eigenvalue weighted by Gasteiger charge is 2.32. The molecule has 7 nitrogen and oxygen atoms in total. The third kappa shape index (κ3) is 1.84. The first-order chi connectivity index (χ1) is 8.74. The number of aromatic nitrogens is 3. The summed E-state index contributed by atoms with van der Waals surface area (Å²) in [6.45, 7) is 0.188. The van der Waals surface area contributed by atoms with E-state index in [0.29, 0.717) is 11.5 Å². The number of aliphatic hydroxyl groups excluding tert-OH is 1. The standard InChI is InChI=1S/C11H10N4O3/c16-8-4-9(17)15(6-8)11-14-13-10(18-11)7-2-1-3-12-5-7/h1-3,5,8,16H,4,6H2. The summed E-state index contributed by atoms with van der Waals surface area (Å²) in [5.74, 6) is 0.0798. The van der Waals surface area contributed by atoms with E-state index >= 15 is 0 Å². The number of hydrogen-bond acceptors (Lipinski definition) is 6. The van der Waals surface area contributed by atoms with Crippen molar-refractivity contribution in [3.8, 4) is 11.5 Å². The van der Waals surface area contributed by atoms with Gasteiger partial charge >= 0.3 is 6.01 Å². The molecule has 92 valence electrons. The van der Waals surface area contributed by atoms with Gasteiger partial charge in [-0.25, -0.2) is 0 Å². The quantitative estimate of drug-likeness (QED) is 0.815. The van der Waals surface area contributed by atoms with Gasteiger partial charge in [-0.3, -0.25) is 14.7 Å². The van der Waals surface area contributed by atoms with Crippen LogP contribution in [0.1, 0.15) is 6.42 Å². The Hall–Kier alpha value is -2.28. The minimum absolute atomic E-state index is 0.0879. The Morgan fingerprint density at radius 1 is 1.44 bits per heavy atom. The molecule has 1 unspecified atom stereocenters. The summed E-state index contributed by atoms with van der Waals surface area (Å²) < 4.78 is 5.40. The molecule has 1 atom stereocenters. The maximum Gasteiger partial charge on any atom is 0.325 e. The number of anilines is 1. The Labute approximate surface area is 102 Å². The molecule has 1 fully saturated rings. The highest BCUT2D eigenvalue weighted by molar-refractivity contribution is 5.94. The van der Waals surface area contributed by atoms with Gasteiger partial charge in [0, 0.05) is 12.4 Å². The van der Waals surface area contributed by atoms with Crippen molar-refractivity contribution in [2.24, 2.45) is 0 Å². The van der Waals surface area contributed by atoms with Gasteiger partial charge in [0.1, 0.15) is 0 Å². The number of rotatable bonds is 2. The first-order valence-electron chi connectivity index (χ1n) is 5.46. The third-order valence-electron chi connectivity index (χ3n) is 2.66. The molecule has 1 saturated heterocycles. The SMILES string of the molecule is O=C1CC(O)CN1c1nnc(-c2cccnc2)o1. The molecule has 3 rings (SSSR count). The molecule has 0 spiro atoms. The molecular weight excluding hydrogens is 236 g/mol. The van der Waals surface area contributed by atoms with E-state index in [2.05, 4.69) is 15.2 Å². The summed E-state index contributed by atoms with van der Waals surface area (Å²) >= 11 is 0. The largest absolute Gasteiger partial charge is 0.403 e. The average molecular weight is 246 g/mol. The van der Waals surface area contributed by atoms with E-state index in [4.69, 9.17) is 4.42 Å². The van der Waals surface area contributed by atoms with Gasteiger partial charge in [-0.05, 0) is 12.1 Å². The minimum atomic E-state index is -0.675. The van der Waals surface area contributed by atoms with Crippen molar-refractivity contribution in [2.75, 3.05) is 11.4 Å². The van der Waals surface area contributed by atoms with Gasteiger partial charge in [0.15, 0.2) is 0 Å². The van der Waals surface area contributed by atoms with Crippen molar-refractivity contribution in [2.45, 2.75) is 12.5 Å². The summed E-state index contributed by atoms with van der Waals surface area (Å²) in [5, 5.41) is 17.1. The van der Waals surface area contributed by atoms with Crippen LogP contribution in [0.25, 0.3) is 11.5 Å². The highest BCUT2D eigenvalue weighted by Crippen LogP contribution is 2.24. The lowest BCUT2D eigenvalue weighted by Gasteiger charge is -2.08. The lowest BCUT2D eigenvalue weighted by atomic mass is 10.3. The van der Waals surface area contributed by atoms with Crippen LogP contribution in [0.2, 0.25) is 0 Å². The van der Waals surface area contributed by atoms with Crippen LogP contribution in [0.15, 0.2) is 28.9 Å². The lowest BCUT2D eigenvalue weighted by molar-refractivity contribution is -0.117. The first kappa shape index (κ1) is 10.8. The minimum Gasteiger partial charge on any atom is -0.403 e. The van der Waals surface area contributed by atoms with Gasteiger partial charge in [0.05, 0.1) is 24.6 Å². The fourth-order valence-electron chi connectivity index (χ4n) is 1.80. The van der Waals surface area contributed by atoms with Crippen LogP contribution in [0.3, 0.4) is 0 Å². The summed E-state index contributed by atoms with van der Waals surface area (Å²) in [6.07, 6.45) is 2.65. The van der Waals surface area contributed by atoms with E-state index < -0.39 is 6.10 Å². The normalized spacial score (nSPS) is 19.5. The molecule has 7 heteroatoms. The van der Waals surface area contributed by atoms with E-state index in [0.717, 1.165) is 0 Å². The Morgan fingerprint density at radius 3 is 3.00 bits per heavy atom. The van der Waals surface area contributed by atoms with Crippen LogP contribution in [0, 0.1) is 0 Å². The topological polar surface area (TPSA) is 92.3 Å². The van der Waals surface area contributed by atoms with Gasteiger partial charge < -0.3 is 9.52 Å². The number of carbonyl (C=O) groups excluding carboxylic acids is 1.